The highest BCUT2D eigenvalue weighted by molar-refractivity contribution is 5.69. The molecule has 128 valence electrons. The first-order valence-electron chi connectivity index (χ1n) is 8.63. The summed E-state index contributed by atoms with van der Waals surface area (Å²) >= 11 is 0. The van der Waals surface area contributed by atoms with Crippen molar-refractivity contribution in [1.29, 1.82) is 0 Å². The summed E-state index contributed by atoms with van der Waals surface area (Å²) in [5.41, 5.74) is 2.58. The van der Waals surface area contributed by atoms with Gasteiger partial charge in [0.25, 0.3) is 0 Å². The van der Waals surface area contributed by atoms with Gasteiger partial charge in [-0.15, -0.1) is 0 Å². The van der Waals surface area contributed by atoms with Crippen LogP contribution in [0.5, 0.6) is 0 Å². The molecule has 0 aliphatic carbocycles. The molecule has 3 nitrogen and oxygen atoms in total. The quantitative estimate of drug-likeness (QED) is 0.645. The average molecular weight is 325 g/mol. The molecule has 0 amide bonds. The summed E-state index contributed by atoms with van der Waals surface area (Å²) in [6.07, 6.45) is 0.466. The first-order valence-corrected chi connectivity index (χ1v) is 8.63. The van der Waals surface area contributed by atoms with Gasteiger partial charge in [-0.05, 0) is 24.0 Å². The fourth-order valence-electron chi connectivity index (χ4n) is 2.88. The van der Waals surface area contributed by atoms with Gasteiger partial charge in [-0.2, -0.15) is 0 Å². The van der Waals surface area contributed by atoms with Crippen LogP contribution in [0.2, 0.25) is 0 Å². The van der Waals surface area contributed by atoms with E-state index < -0.39 is 0 Å². The summed E-state index contributed by atoms with van der Waals surface area (Å²) in [4.78, 5) is 14.1. The van der Waals surface area contributed by atoms with Crippen LogP contribution in [-0.4, -0.2) is 24.0 Å². The number of ether oxygens (including phenoxy) is 1. The Morgan fingerprint density at radius 3 is 1.92 bits per heavy atom. The summed E-state index contributed by atoms with van der Waals surface area (Å²) in [6, 6.07) is 20.9. The lowest BCUT2D eigenvalue weighted by molar-refractivity contribution is -0.144. The van der Waals surface area contributed by atoms with Crippen molar-refractivity contribution in [2.75, 3.05) is 13.2 Å². The van der Waals surface area contributed by atoms with Crippen molar-refractivity contribution in [3.05, 3.63) is 71.8 Å². The van der Waals surface area contributed by atoms with Crippen LogP contribution in [-0.2, 0) is 22.6 Å². The summed E-state index contributed by atoms with van der Waals surface area (Å²) < 4.78 is 5.07. The standard InChI is InChI=1S/C21H27NO2/c1-3-24-21(23)14-18(2)15-22(16-19-10-6-4-7-11-19)17-20-12-8-5-9-13-20/h4-13,18H,3,14-17H2,1-2H3. The van der Waals surface area contributed by atoms with Gasteiger partial charge in [-0.3, -0.25) is 9.69 Å². The second-order valence-electron chi connectivity index (χ2n) is 6.26. The molecule has 0 fully saturated rings. The molecule has 0 spiro atoms. The second-order valence-corrected chi connectivity index (χ2v) is 6.26. The van der Waals surface area contributed by atoms with Crippen molar-refractivity contribution in [1.82, 2.24) is 4.90 Å². The van der Waals surface area contributed by atoms with Crippen LogP contribution in [0, 0.1) is 5.92 Å². The molecule has 0 bridgehead atoms. The van der Waals surface area contributed by atoms with E-state index in [2.05, 4.69) is 60.4 Å². The number of esters is 1. The van der Waals surface area contributed by atoms with Gasteiger partial charge in [0, 0.05) is 26.1 Å². The maximum atomic E-state index is 11.7. The lowest BCUT2D eigenvalue weighted by Crippen LogP contribution is -2.29. The van der Waals surface area contributed by atoms with E-state index in [1.165, 1.54) is 11.1 Å². The van der Waals surface area contributed by atoms with Crippen molar-refractivity contribution < 1.29 is 9.53 Å². The van der Waals surface area contributed by atoms with Gasteiger partial charge >= 0.3 is 5.97 Å². The van der Waals surface area contributed by atoms with E-state index in [9.17, 15) is 4.79 Å². The molecule has 0 saturated heterocycles. The van der Waals surface area contributed by atoms with Crippen LogP contribution in [0.1, 0.15) is 31.4 Å². The number of hydrogen-bond acceptors (Lipinski definition) is 3. The van der Waals surface area contributed by atoms with E-state index in [0.29, 0.717) is 13.0 Å². The van der Waals surface area contributed by atoms with Crippen LogP contribution >= 0.6 is 0 Å². The smallest absolute Gasteiger partial charge is 0.306 e. The molecule has 0 aliphatic heterocycles. The van der Waals surface area contributed by atoms with Gasteiger partial charge in [0.15, 0.2) is 0 Å². The van der Waals surface area contributed by atoms with Gasteiger partial charge in [0.05, 0.1) is 6.61 Å². The van der Waals surface area contributed by atoms with Crippen molar-refractivity contribution in [2.24, 2.45) is 5.92 Å². The normalized spacial score (nSPS) is 12.1. The molecule has 24 heavy (non-hydrogen) atoms. The van der Waals surface area contributed by atoms with Gasteiger partial charge in [-0.1, -0.05) is 67.6 Å². The number of nitrogens with zero attached hydrogens (tertiary/aromatic N) is 1. The zero-order valence-electron chi connectivity index (χ0n) is 14.7. The van der Waals surface area contributed by atoms with E-state index in [0.717, 1.165) is 19.6 Å². The third-order valence-corrected chi connectivity index (χ3v) is 3.89. The van der Waals surface area contributed by atoms with E-state index >= 15 is 0 Å². The Bertz CT molecular complexity index is 556. The zero-order valence-corrected chi connectivity index (χ0v) is 14.7. The van der Waals surface area contributed by atoms with E-state index in [1.54, 1.807) is 0 Å². The minimum absolute atomic E-state index is 0.107. The Morgan fingerprint density at radius 1 is 0.958 bits per heavy atom. The van der Waals surface area contributed by atoms with Crippen LogP contribution in [0.4, 0.5) is 0 Å². The van der Waals surface area contributed by atoms with Gasteiger partial charge in [0.2, 0.25) is 0 Å². The molecule has 0 aliphatic rings. The fraction of sp³-hybridized carbons (Fsp3) is 0.381. The van der Waals surface area contributed by atoms with Crippen LogP contribution in [0.15, 0.2) is 60.7 Å². The van der Waals surface area contributed by atoms with Crippen molar-refractivity contribution in [2.45, 2.75) is 33.4 Å². The Hall–Kier alpha value is -2.13. The molecule has 3 heteroatoms. The molecule has 1 unspecified atom stereocenters. The third kappa shape index (κ3) is 6.55. The Kier molecular flexibility index (Phi) is 7.50. The van der Waals surface area contributed by atoms with Crippen LogP contribution < -0.4 is 0 Å². The van der Waals surface area contributed by atoms with E-state index in [4.69, 9.17) is 4.74 Å². The molecule has 1 atom stereocenters. The molecule has 0 radical (unpaired) electrons. The molecule has 0 saturated carbocycles. The molecular weight excluding hydrogens is 298 g/mol. The van der Waals surface area contributed by atoms with Gasteiger partial charge < -0.3 is 4.74 Å². The monoisotopic (exact) mass is 325 g/mol. The highest BCUT2D eigenvalue weighted by Crippen LogP contribution is 2.14. The first kappa shape index (κ1) is 18.2. The first-order chi connectivity index (χ1) is 11.7. The van der Waals surface area contributed by atoms with Crippen LogP contribution in [0.25, 0.3) is 0 Å². The predicted octanol–water partition coefficient (Wildman–Crippen LogP) is 4.28. The number of carbonyl (C=O) groups excluding carboxylic acids is 1. The van der Waals surface area contributed by atoms with Gasteiger partial charge in [0.1, 0.15) is 0 Å². The average Bonchev–Trinajstić information content (AvgIpc) is 2.56. The topological polar surface area (TPSA) is 29.5 Å². The largest absolute Gasteiger partial charge is 0.466 e. The van der Waals surface area contributed by atoms with Gasteiger partial charge in [-0.25, -0.2) is 0 Å². The number of benzene rings is 2. The Morgan fingerprint density at radius 2 is 1.46 bits per heavy atom. The maximum absolute atomic E-state index is 11.7. The summed E-state index contributed by atoms with van der Waals surface area (Å²) in [5.74, 6) is 0.154. The second kappa shape index (κ2) is 9.89. The summed E-state index contributed by atoms with van der Waals surface area (Å²) in [5, 5.41) is 0. The minimum atomic E-state index is -0.107. The van der Waals surface area contributed by atoms with E-state index in [1.807, 2.05) is 19.1 Å². The van der Waals surface area contributed by atoms with Crippen LogP contribution in [0.3, 0.4) is 0 Å². The number of rotatable bonds is 9. The maximum Gasteiger partial charge on any atom is 0.306 e. The summed E-state index contributed by atoms with van der Waals surface area (Å²) in [6.45, 7) is 7.03. The Balaban J connectivity index is 2.00. The fourth-order valence-corrected chi connectivity index (χ4v) is 2.88. The van der Waals surface area contributed by atoms with E-state index in [-0.39, 0.29) is 11.9 Å². The van der Waals surface area contributed by atoms with Crippen molar-refractivity contribution in [3.63, 3.8) is 0 Å². The molecule has 0 heterocycles. The predicted molar refractivity (Wildman–Crippen MR) is 97.4 cm³/mol. The molecule has 2 aromatic rings. The minimum Gasteiger partial charge on any atom is -0.466 e. The number of hydrogen-bond donors (Lipinski definition) is 0. The van der Waals surface area contributed by atoms with Crippen molar-refractivity contribution in [3.8, 4) is 0 Å². The number of carbonyl (C=O) groups is 1. The molecule has 0 N–H and O–H groups in total. The summed E-state index contributed by atoms with van der Waals surface area (Å²) in [7, 11) is 0. The highest BCUT2D eigenvalue weighted by Gasteiger charge is 2.15. The third-order valence-electron chi connectivity index (χ3n) is 3.89. The van der Waals surface area contributed by atoms with Crippen molar-refractivity contribution >= 4 is 5.97 Å². The molecule has 0 aromatic heterocycles. The molecular formula is C21H27NO2. The highest BCUT2D eigenvalue weighted by atomic mass is 16.5. The lowest BCUT2D eigenvalue weighted by Gasteiger charge is -2.25. The zero-order chi connectivity index (χ0) is 17.2. The SMILES string of the molecule is CCOC(=O)CC(C)CN(Cc1ccccc1)Cc1ccccc1. The Labute approximate surface area is 145 Å². The molecule has 2 rings (SSSR count). The molecule has 2 aromatic carbocycles. The lowest BCUT2D eigenvalue weighted by atomic mass is 10.1.